The summed E-state index contributed by atoms with van der Waals surface area (Å²) in [5.74, 6) is 2.33. The minimum absolute atomic E-state index is 0.135. The van der Waals surface area contributed by atoms with E-state index in [-0.39, 0.29) is 11.8 Å². The highest BCUT2D eigenvalue weighted by molar-refractivity contribution is 5.81. The van der Waals surface area contributed by atoms with Crippen LogP contribution in [0.15, 0.2) is 9.05 Å². The van der Waals surface area contributed by atoms with E-state index in [1.807, 2.05) is 32.6 Å². The van der Waals surface area contributed by atoms with E-state index in [1.165, 1.54) is 0 Å². The molecule has 6 nitrogen and oxygen atoms in total. The Bertz CT molecular complexity index is 644. The van der Waals surface area contributed by atoms with E-state index in [0.29, 0.717) is 19.0 Å². The van der Waals surface area contributed by atoms with Crippen LogP contribution in [0.1, 0.15) is 47.4 Å². The van der Waals surface area contributed by atoms with E-state index >= 15 is 0 Å². The molecule has 1 saturated carbocycles. The molecular weight excluding hydrogens is 294 g/mol. The van der Waals surface area contributed by atoms with Gasteiger partial charge < -0.3 is 13.9 Å². The number of carbonyl (C=O) groups is 1. The van der Waals surface area contributed by atoms with Crippen LogP contribution in [0.25, 0.3) is 0 Å². The Morgan fingerprint density at radius 1 is 1.04 bits per heavy atom. The van der Waals surface area contributed by atoms with Gasteiger partial charge in [0.2, 0.25) is 5.91 Å². The molecule has 0 bridgehead atoms. The summed E-state index contributed by atoms with van der Waals surface area (Å²) in [7, 11) is 0. The second-order valence-electron chi connectivity index (χ2n) is 6.62. The Balaban J connectivity index is 1.86. The van der Waals surface area contributed by atoms with E-state index in [2.05, 4.69) is 17.2 Å². The van der Waals surface area contributed by atoms with Gasteiger partial charge in [-0.2, -0.15) is 0 Å². The summed E-state index contributed by atoms with van der Waals surface area (Å²) in [6.45, 7) is 10.7. The Morgan fingerprint density at radius 2 is 1.48 bits per heavy atom. The minimum atomic E-state index is 0.135. The van der Waals surface area contributed by atoms with E-state index < -0.39 is 0 Å². The lowest BCUT2D eigenvalue weighted by Gasteiger charge is -2.23. The van der Waals surface area contributed by atoms with Gasteiger partial charge in [0.05, 0.1) is 24.5 Å². The van der Waals surface area contributed by atoms with Gasteiger partial charge in [-0.05, 0) is 40.0 Å². The van der Waals surface area contributed by atoms with Crippen molar-refractivity contribution >= 4 is 5.91 Å². The van der Waals surface area contributed by atoms with Crippen molar-refractivity contribution in [3.05, 3.63) is 34.0 Å². The normalized spacial score (nSPS) is 19.9. The molecule has 0 saturated heterocycles. The first-order valence-corrected chi connectivity index (χ1v) is 8.00. The summed E-state index contributed by atoms with van der Waals surface area (Å²) in [5.41, 5.74) is 3.64. The number of hydrogen-bond acceptors (Lipinski definition) is 5. The molecule has 3 rings (SSSR count). The van der Waals surface area contributed by atoms with Crippen LogP contribution in [0.2, 0.25) is 0 Å². The zero-order valence-electron chi connectivity index (χ0n) is 14.3. The van der Waals surface area contributed by atoms with Crippen LogP contribution in [0.5, 0.6) is 0 Å². The second-order valence-corrected chi connectivity index (χ2v) is 6.62. The van der Waals surface area contributed by atoms with Crippen molar-refractivity contribution in [3.8, 4) is 0 Å². The molecule has 0 unspecified atom stereocenters. The van der Waals surface area contributed by atoms with Crippen molar-refractivity contribution < 1.29 is 13.8 Å². The number of nitrogens with zero attached hydrogens (tertiary/aromatic N) is 3. The molecule has 1 amide bonds. The molecule has 1 fully saturated rings. The molecular formula is C17H23N3O3. The number of rotatable bonds is 5. The quantitative estimate of drug-likeness (QED) is 0.847. The third kappa shape index (κ3) is 3.02. The highest BCUT2D eigenvalue weighted by Crippen LogP contribution is 2.40. The van der Waals surface area contributed by atoms with E-state index in [1.54, 1.807) is 0 Å². The minimum Gasteiger partial charge on any atom is -0.361 e. The number of hydrogen-bond donors (Lipinski definition) is 0. The largest absolute Gasteiger partial charge is 0.361 e. The molecule has 2 atom stereocenters. The first kappa shape index (κ1) is 15.8. The Hall–Kier alpha value is -2.11. The van der Waals surface area contributed by atoms with Crippen LogP contribution in [0.4, 0.5) is 0 Å². The summed E-state index contributed by atoms with van der Waals surface area (Å²) in [6.07, 6.45) is 0.971. The monoisotopic (exact) mass is 317 g/mol. The maximum Gasteiger partial charge on any atom is 0.226 e. The van der Waals surface area contributed by atoms with Crippen molar-refractivity contribution in [2.75, 3.05) is 0 Å². The third-order valence-electron chi connectivity index (χ3n) is 4.80. The zero-order chi connectivity index (χ0) is 16.7. The lowest BCUT2D eigenvalue weighted by atomic mass is 10.1. The van der Waals surface area contributed by atoms with E-state index in [4.69, 9.17) is 9.05 Å². The van der Waals surface area contributed by atoms with Gasteiger partial charge in [-0.25, -0.2) is 0 Å². The fourth-order valence-corrected chi connectivity index (χ4v) is 2.95. The molecule has 124 valence electrons. The summed E-state index contributed by atoms with van der Waals surface area (Å²) >= 11 is 0. The topological polar surface area (TPSA) is 72.4 Å². The number of carbonyl (C=O) groups excluding carboxylic acids is 1. The van der Waals surface area contributed by atoms with Crippen LogP contribution in [0.3, 0.4) is 0 Å². The van der Waals surface area contributed by atoms with Gasteiger partial charge in [0.1, 0.15) is 11.5 Å². The van der Waals surface area contributed by atoms with Crippen molar-refractivity contribution in [2.45, 2.75) is 54.1 Å². The number of aromatic nitrogens is 2. The molecule has 1 aliphatic rings. The maximum atomic E-state index is 12.8. The smallest absolute Gasteiger partial charge is 0.226 e. The summed E-state index contributed by atoms with van der Waals surface area (Å²) < 4.78 is 10.5. The number of amides is 1. The molecule has 0 N–H and O–H groups in total. The lowest BCUT2D eigenvalue weighted by molar-refractivity contribution is -0.134. The summed E-state index contributed by atoms with van der Waals surface area (Å²) in [5, 5.41) is 7.98. The van der Waals surface area contributed by atoms with Crippen LogP contribution in [-0.4, -0.2) is 21.1 Å². The molecule has 0 radical (unpaired) electrons. The van der Waals surface area contributed by atoms with Gasteiger partial charge in [-0.3, -0.25) is 4.79 Å². The van der Waals surface area contributed by atoms with Crippen molar-refractivity contribution in [3.63, 3.8) is 0 Å². The predicted octanol–water partition coefficient (Wildman–Crippen LogP) is 3.08. The number of aryl methyl sites for hydroxylation is 4. The second kappa shape index (κ2) is 5.83. The molecule has 23 heavy (non-hydrogen) atoms. The Kier molecular flexibility index (Phi) is 4.00. The SMILES string of the molecule is Cc1noc(C)c1CN(Cc1c(C)noc1C)C(=O)[C@H]1C[C@@H]1C. The van der Waals surface area contributed by atoms with Gasteiger partial charge in [0, 0.05) is 17.0 Å². The van der Waals surface area contributed by atoms with Crippen LogP contribution < -0.4 is 0 Å². The lowest BCUT2D eigenvalue weighted by Crippen LogP contribution is -2.32. The zero-order valence-corrected chi connectivity index (χ0v) is 14.3. The average Bonchev–Trinajstić information content (AvgIpc) is 3.06. The standard InChI is InChI=1S/C17H23N3O3/c1-9-6-14(9)17(21)20(7-15-10(2)18-22-12(15)4)8-16-11(3)19-23-13(16)5/h9,14H,6-8H2,1-5H3/t9-,14-/m0/s1. The van der Waals surface area contributed by atoms with E-state index in [9.17, 15) is 4.79 Å². The van der Waals surface area contributed by atoms with Crippen LogP contribution in [0, 0.1) is 39.5 Å². The van der Waals surface area contributed by atoms with Crippen molar-refractivity contribution in [1.29, 1.82) is 0 Å². The highest BCUT2D eigenvalue weighted by Gasteiger charge is 2.42. The highest BCUT2D eigenvalue weighted by atomic mass is 16.5. The molecule has 0 spiro atoms. The molecule has 6 heteroatoms. The Labute approximate surface area is 135 Å². The fraction of sp³-hybridized carbons (Fsp3) is 0.588. The van der Waals surface area contributed by atoms with E-state index in [0.717, 1.165) is 40.5 Å². The van der Waals surface area contributed by atoms with Gasteiger partial charge in [0.25, 0.3) is 0 Å². The first-order valence-electron chi connectivity index (χ1n) is 8.00. The van der Waals surface area contributed by atoms with Gasteiger partial charge in [-0.15, -0.1) is 0 Å². The van der Waals surface area contributed by atoms with Crippen LogP contribution >= 0.6 is 0 Å². The molecule has 2 heterocycles. The Morgan fingerprint density at radius 3 is 1.78 bits per heavy atom. The first-order chi connectivity index (χ1) is 10.9. The summed E-state index contributed by atoms with van der Waals surface area (Å²) in [6, 6.07) is 0. The molecule has 2 aromatic heterocycles. The third-order valence-corrected chi connectivity index (χ3v) is 4.80. The van der Waals surface area contributed by atoms with Gasteiger partial charge >= 0.3 is 0 Å². The van der Waals surface area contributed by atoms with Crippen molar-refractivity contribution in [1.82, 2.24) is 15.2 Å². The molecule has 2 aromatic rings. The molecule has 1 aliphatic carbocycles. The van der Waals surface area contributed by atoms with Gasteiger partial charge in [0.15, 0.2) is 0 Å². The summed E-state index contributed by atoms with van der Waals surface area (Å²) in [4.78, 5) is 14.7. The molecule has 0 aliphatic heterocycles. The predicted molar refractivity (Wildman–Crippen MR) is 83.5 cm³/mol. The fourth-order valence-electron chi connectivity index (χ4n) is 2.95. The van der Waals surface area contributed by atoms with Gasteiger partial charge in [-0.1, -0.05) is 17.2 Å². The molecule has 0 aromatic carbocycles. The maximum absolute atomic E-state index is 12.8. The van der Waals surface area contributed by atoms with Crippen LogP contribution in [-0.2, 0) is 17.9 Å². The van der Waals surface area contributed by atoms with Crippen molar-refractivity contribution in [2.24, 2.45) is 11.8 Å². The average molecular weight is 317 g/mol.